The number of benzene rings is 2. The van der Waals surface area contributed by atoms with Crippen LogP contribution in [0.25, 0.3) is 0 Å². The van der Waals surface area contributed by atoms with E-state index in [2.05, 4.69) is 5.10 Å². The van der Waals surface area contributed by atoms with Gasteiger partial charge in [0.2, 0.25) is 5.43 Å². The van der Waals surface area contributed by atoms with E-state index in [1.807, 2.05) is 0 Å². The molecule has 0 radical (unpaired) electrons. The maximum absolute atomic E-state index is 15.0. The lowest BCUT2D eigenvalue weighted by Crippen LogP contribution is -2.51. The van der Waals surface area contributed by atoms with Crippen LogP contribution in [0.15, 0.2) is 59.5 Å². The molecule has 1 fully saturated rings. The fourth-order valence-corrected chi connectivity index (χ4v) is 4.90. The summed E-state index contributed by atoms with van der Waals surface area (Å²) >= 11 is 0. The molecule has 5 rings (SSSR count). The first-order valence-corrected chi connectivity index (χ1v) is 10.1. The van der Waals surface area contributed by atoms with Crippen LogP contribution in [-0.2, 0) is 0 Å². The molecule has 2 aliphatic rings. The van der Waals surface area contributed by atoms with Gasteiger partial charge < -0.3 is 10.0 Å². The first-order chi connectivity index (χ1) is 15.0. The number of carbonyl (C=O) groups is 1. The number of aromatic nitrogens is 2. The van der Waals surface area contributed by atoms with Gasteiger partial charge >= 0.3 is 0 Å². The van der Waals surface area contributed by atoms with Gasteiger partial charge in [0.05, 0.1) is 18.3 Å². The van der Waals surface area contributed by atoms with Crippen molar-refractivity contribution in [1.29, 1.82) is 0 Å². The quantitative estimate of drug-likeness (QED) is 0.702. The van der Waals surface area contributed by atoms with Crippen LogP contribution in [-0.4, -0.2) is 38.3 Å². The molecule has 3 heterocycles. The summed E-state index contributed by atoms with van der Waals surface area (Å²) in [5, 5.41) is 14.6. The molecule has 3 atom stereocenters. The van der Waals surface area contributed by atoms with Gasteiger partial charge in [-0.2, -0.15) is 5.10 Å². The third kappa shape index (κ3) is 3.01. The van der Waals surface area contributed by atoms with E-state index in [1.165, 1.54) is 22.9 Å². The molecule has 6 nitrogen and oxygen atoms in total. The Bertz CT molecular complexity index is 1230. The first kappa shape index (κ1) is 19.4. The molecule has 0 saturated carbocycles. The van der Waals surface area contributed by atoms with Crippen LogP contribution in [0, 0.1) is 11.6 Å². The number of aromatic hydroxyl groups is 1. The predicted octanol–water partition coefficient (Wildman–Crippen LogP) is 3.22. The van der Waals surface area contributed by atoms with Crippen molar-refractivity contribution in [1.82, 2.24) is 14.7 Å². The highest BCUT2D eigenvalue weighted by atomic mass is 19.1. The number of fused-ring (bicyclic) bond motifs is 2. The Labute approximate surface area is 176 Å². The summed E-state index contributed by atoms with van der Waals surface area (Å²) in [4.78, 5) is 26.7. The molecule has 1 amide bonds. The second-order valence-electron chi connectivity index (χ2n) is 7.90. The molecular weight excluding hydrogens is 404 g/mol. The summed E-state index contributed by atoms with van der Waals surface area (Å²) in [6, 6.07) is 11.2. The second kappa shape index (κ2) is 7.30. The largest absolute Gasteiger partial charge is 0.502 e. The molecule has 2 aliphatic heterocycles. The summed E-state index contributed by atoms with van der Waals surface area (Å²) in [6.45, 7) is 0.468. The summed E-state index contributed by atoms with van der Waals surface area (Å²) in [6.07, 6.45) is 2.36. The molecule has 8 heteroatoms. The summed E-state index contributed by atoms with van der Waals surface area (Å²) in [5.74, 6) is -2.62. The number of halogens is 2. The van der Waals surface area contributed by atoms with Crippen LogP contribution < -0.4 is 5.43 Å². The number of hydrogen-bond acceptors (Lipinski definition) is 4. The third-order valence-corrected chi connectivity index (χ3v) is 6.24. The van der Waals surface area contributed by atoms with Crippen molar-refractivity contribution in [2.24, 2.45) is 0 Å². The zero-order chi connectivity index (χ0) is 21.7. The molecule has 2 aromatic carbocycles. The molecule has 1 aromatic heterocycles. The first-order valence-electron chi connectivity index (χ1n) is 10.1. The summed E-state index contributed by atoms with van der Waals surface area (Å²) in [7, 11) is 0. The Morgan fingerprint density at radius 1 is 1.06 bits per heavy atom. The van der Waals surface area contributed by atoms with Crippen molar-refractivity contribution in [2.45, 2.75) is 30.8 Å². The third-order valence-electron chi connectivity index (χ3n) is 6.24. The molecule has 31 heavy (non-hydrogen) atoms. The van der Waals surface area contributed by atoms with Crippen LogP contribution in [0.5, 0.6) is 5.75 Å². The fourth-order valence-electron chi connectivity index (χ4n) is 4.90. The van der Waals surface area contributed by atoms with Gasteiger partial charge in [-0.25, -0.2) is 8.78 Å². The average Bonchev–Trinajstić information content (AvgIpc) is 3.25. The molecule has 3 aromatic rings. The highest BCUT2D eigenvalue weighted by Gasteiger charge is 2.48. The van der Waals surface area contributed by atoms with E-state index in [0.717, 1.165) is 12.6 Å². The number of rotatable bonds is 3. The van der Waals surface area contributed by atoms with Gasteiger partial charge in [-0.05, 0) is 42.2 Å². The van der Waals surface area contributed by atoms with E-state index in [1.54, 1.807) is 35.2 Å². The van der Waals surface area contributed by atoms with Crippen molar-refractivity contribution in [3.63, 3.8) is 0 Å². The van der Waals surface area contributed by atoms with Crippen molar-refractivity contribution >= 4 is 5.91 Å². The minimum Gasteiger partial charge on any atom is -0.502 e. The zero-order valence-electron chi connectivity index (χ0n) is 16.4. The SMILES string of the molecule is O=C1c2c(O)c(=O)cnn2[C@@H]([C@@H](c2ccc(F)cc2)c2ccccc2F)[C@H]2CCCN12. The van der Waals surface area contributed by atoms with E-state index in [0.29, 0.717) is 24.1 Å². The van der Waals surface area contributed by atoms with E-state index < -0.39 is 40.7 Å². The molecule has 0 spiro atoms. The molecule has 1 saturated heterocycles. The van der Waals surface area contributed by atoms with Crippen LogP contribution in [0.4, 0.5) is 8.78 Å². The Hall–Kier alpha value is -3.55. The molecule has 0 bridgehead atoms. The molecule has 0 aliphatic carbocycles. The van der Waals surface area contributed by atoms with Gasteiger partial charge in [0.15, 0.2) is 11.4 Å². The normalized spacial score (nSPS) is 21.0. The van der Waals surface area contributed by atoms with Gasteiger partial charge in [-0.3, -0.25) is 14.3 Å². The number of hydrogen-bond donors (Lipinski definition) is 1. The highest BCUT2D eigenvalue weighted by Crippen LogP contribution is 2.46. The highest BCUT2D eigenvalue weighted by molar-refractivity contribution is 5.96. The van der Waals surface area contributed by atoms with Gasteiger partial charge in [-0.1, -0.05) is 30.3 Å². The van der Waals surface area contributed by atoms with Crippen molar-refractivity contribution in [3.8, 4) is 5.75 Å². The Balaban J connectivity index is 1.79. The Morgan fingerprint density at radius 2 is 1.81 bits per heavy atom. The Morgan fingerprint density at radius 3 is 2.55 bits per heavy atom. The standard InChI is InChI=1S/C23H19F2N3O3/c24-14-9-7-13(8-10-14)19(15-4-1-2-5-16(15)25)20-17-6-3-11-27(17)23(31)21-22(30)18(29)12-26-28(20)21/h1-2,4-5,7-10,12,17,19-20,30H,3,6,11H2/t17-,19+,20-/m1/s1. The van der Waals surface area contributed by atoms with Crippen molar-refractivity contribution in [3.05, 3.63) is 93.4 Å². The minimum absolute atomic E-state index is 0.195. The maximum atomic E-state index is 15.0. The number of amides is 1. The van der Waals surface area contributed by atoms with Crippen molar-refractivity contribution < 1.29 is 18.7 Å². The van der Waals surface area contributed by atoms with Crippen molar-refractivity contribution in [2.75, 3.05) is 6.54 Å². The lowest BCUT2D eigenvalue weighted by Gasteiger charge is -2.42. The minimum atomic E-state index is -0.750. The average molecular weight is 423 g/mol. The molecular formula is C23H19F2N3O3. The smallest absolute Gasteiger partial charge is 0.276 e. The van der Waals surface area contributed by atoms with E-state index in [4.69, 9.17) is 0 Å². The summed E-state index contributed by atoms with van der Waals surface area (Å²) in [5.41, 5.74) is 0.0641. The fraction of sp³-hybridized carbons (Fsp3) is 0.261. The summed E-state index contributed by atoms with van der Waals surface area (Å²) < 4.78 is 30.0. The van der Waals surface area contributed by atoms with Crippen LogP contribution in [0.1, 0.15) is 46.4 Å². The number of carbonyl (C=O) groups excluding carboxylic acids is 1. The maximum Gasteiger partial charge on any atom is 0.276 e. The van der Waals surface area contributed by atoms with Crippen LogP contribution in [0.2, 0.25) is 0 Å². The van der Waals surface area contributed by atoms with Gasteiger partial charge in [0.1, 0.15) is 11.6 Å². The Kier molecular flexibility index (Phi) is 4.57. The molecule has 158 valence electrons. The lowest BCUT2D eigenvalue weighted by atomic mass is 9.79. The van der Waals surface area contributed by atoms with E-state index >= 15 is 4.39 Å². The van der Waals surface area contributed by atoms with Gasteiger partial charge in [0, 0.05) is 12.5 Å². The van der Waals surface area contributed by atoms with Gasteiger partial charge in [-0.15, -0.1) is 0 Å². The van der Waals surface area contributed by atoms with Crippen LogP contribution >= 0.6 is 0 Å². The topological polar surface area (TPSA) is 75.4 Å². The molecule has 0 unspecified atom stereocenters. The lowest BCUT2D eigenvalue weighted by molar-refractivity contribution is 0.0564. The molecule has 1 N–H and O–H groups in total. The van der Waals surface area contributed by atoms with E-state index in [-0.39, 0.29) is 11.7 Å². The number of nitrogens with zero attached hydrogens (tertiary/aromatic N) is 3. The second-order valence-corrected chi connectivity index (χ2v) is 7.90. The van der Waals surface area contributed by atoms with E-state index in [9.17, 15) is 19.1 Å². The predicted molar refractivity (Wildman–Crippen MR) is 108 cm³/mol. The monoisotopic (exact) mass is 423 g/mol. The van der Waals surface area contributed by atoms with Gasteiger partial charge in [0.25, 0.3) is 5.91 Å². The zero-order valence-corrected chi connectivity index (χ0v) is 16.4. The van der Waals surface area contributed by atoms with Crippen LogP contribution in [0.3, 0.4) is 0 Å².